The summed E-state index contributed by atoms with van der Waals surface area (Å²) in [5, 5.41) is 0. The number of hydrogen-bond donors (Lipinski definition) is 0. The Hall–Kier alpha value is -2.23. The molecule has 1 aromatic carbocycles. The Morgan fingerprint density at radius 2 is 2.00 bits per heavy atom. The van der Waals surface area contributed by atoms with E-state index in [2.05, 4.69) is 23.8 Å². The molecule has 0 aliphatic carbocycles. The van der Waals surface area contributed by atoms with Gasteiger partial charge < -0.3 is 4.90 Å². The standard InChI is InChI=1S/C16H19N3O/c1-3-13(2)19(12-14-7-5-4-6-8-14)16(20)15-11-17-9-10-18-15/h4-11,13H,3,12H2,1-2H3/t13-/m0/s1. The van der Waals surface area contributed by atoms with Crippen LogP contribution in [0.1, 0.15) is 36.3 Å². The van der Waals surface area contributed by atoms with E-state index >= 15 is 0 Å². The first kappa shape index (κ1) is 14.2. The minimum Gasteiger partial charge on any atom is -0.330 e. The Balaban J connectivity index is 2.22. The lowest BCUT2D eigenvalue weighted by molar-refractivity contribution is 0.0665. The molecule has 0 unspecified atom stereocenters. The summed E-state index contributed by atoms with van der Waals surface area (Å²) in [5.41, 5.74) is 1.51. The van der Waals surface area contributed by atoms with E-state index in [9.17, 15) is 4.79 Å². The lowest BCUT2D eigenvalue weighted by Crippen LogP contribution is -2.38. The van der Waals surface area contributed by atoms with Gasteiger partial charge in [0.15, 0.2) is 0 Å². The zero-order chi connectivity index (χ0) is 14.4. The van der Waals surface area contributed by atoms with Crippen molar-refractivity contribution in [3.05, 3.63) is 60.2 Å². The Labute approximate surface area is 119 Å². The number of nitrogens with zero attached hydrogens (tertiary/aromatic N) is 3. The van der Waals surface area contributed by atoms with E-state index < -0.39 is 0 Å². The lowest BCUT2D eigenvalue weighted by atomic mass is 10.1. The molecular weight excluding hydrogens is 250 g/mol. The molecule has 0 bridgehead atoms. The minimum absolute atomic E-state index is 0.0729. The van der Waals surface area contributed by atoms with Crippen molar-refractivity contribution in [2.75, 3.05) is 0 Å². The van der Waals surface area contributed by atoms with Gasteiger partial charge in [-0.15, -0.1) is 0 Å². The summed E-state index contributed by atoms with van der Waals surface area (Å²) >= 11 is 0. The summed E-state index contributed by atoms with van der Waals surface area (Å²) in [6.07, 6.45) is 5.54. The van der Waals surface area contributed by atoms with Gasteiger partial charge in [0.25, 0.3) is 5.91 Å². The Morgan fingerprint density at radius 1 is 1.25 bits per heavy atom. The molecule has 2 aromatic rings. The van der Waals surface area contributed by atoms with Gasteiger partial charge in [-0.3, -0.25) is 9.78 Å². The zero-order valence-corrected chi connectivity index (χ0v) is 11.9. The molecule has 0 radical (unpaired) electrons. The smallest absolute Gasteiger partial charge is 0.274 e. The highest BCUT2D eigenvalue weighted by atomic mass is 16.2. The zero-order valence-electron chi connectivity index (χ0n) is 11.9. The van der Waals surface area contributed by atoms with Crippen LogP contribution in [0.25, 0.3) is 0 Å². The molecular formula is C16H19N3O. The monoisotopic (exact) mass is 269 g/mol. The van der Waals surface area contributed by atoms with Gasteiger partial charge in [-0.25, -0.2) is 4.98 Å². The van der Waals surface area contributed by atoms with E-state index in [-0.39, 0.29) is 11.9 Å². The normalized spacial score (nSPS) is 11.9. The summed E-state index contributed by atoms with van der Waals surface area (Å²) in [6, 6.07) is 10.2. The van der Waals surface area contributed by atoms with Crippen LogP contribution in [0.4, 0.5) is 0 Å². The van der Waals surface area contributed by atoms with Crippen LogP contribution >= 0.6 is 0 Å². The van der Waals surface area contributed by atoms with Crippen molar-refractivity contribution in [3.8, 4) is 0 Å². The van der Waals surface area contributed by atoms with E-state index in [0.717, 1.165) is 12.0 Å². The van der Waals surface area contributed by atoms with Crippen molar-refractivity contribution in [3.63, 3.8) is 0 Å². The Morgan fingerprint density at radius 3 is 2.60 bits per heavy atom. The predicted molar refractivity (Wildman–Crippen MR) is 78.1 cm³/mol. The summed E-state index contributed by atoms with van der Waals surface area (Å²) in [7, 11) is 0. The van der Waals surface area contributed by atoms with Crippen molar-refractivity contribution >= 4 is 5.91 Å². The number of aromatic nitrogens is 2. The largest absolute Gasteiger partial charge is 0.330 e. The maximum Gasteiger partial charge on any atom is 0.274 e. The molecule has 2 rings (SSSR count). The molecule has 4 nitrogen and oxygen atoms in total. The van der Waals surface area contributed by atoms with Crippen LogP contribution in [-0.2, 0) is 6.54 Å². The summed E-state index contributed by atoms with van der Waals surface area (Å²) in [4.78, 5) is 22.5. The third-order valence-corrected chi connectivity index (χ3v) is 3.36. The van der Waals surface area contributed by atoms with Crippen LogP contribution in [0, 0.1) is 0 Å². The third-order valence-electron chi connectivity index (χ3n) is 3.36. The van der Waals surface area contributed by atoms with Gasteiger partial charge in [0.1, 0.15) is 5.69 Å². The lowest BCUT2D eigenvalue weighted by Gasteiger charge is -2.28. The minimum atomic E-state index is -0.0729. The van der Waals surface area contributed by atoms with E-state index in [1.807, 2.05) is 35.2 Å². The molecule has 1 atom stereocenters. The highest BCUT2D eigenvalue weighted by Gasteiger charge is 2.21. The fourth-order valence-corrected chi connectivity index (χ4v) is 1.98. The third kappa shape index (κ3) is 3.41. The van der Waals surface area contributed by atoms with Crippen molar-refractivity contribution in [2.24, 2.45) is 0 Å². The van der Waals surface area contributed by atoms with E-state index in [1.165, 1.54) is 6.20 Å². The molecule has 104 valence electrons. The van der Waals surface area contributed by atoms with Gasteiger partial charge >= 0.3 is 0 Å². The summed E-state index contributed by atoms with van der Waals surface area (Å²) in [6.45, 7) is 4.72. The second-order valence-corrected chi connectivity index (χ2v) is 4.77. The fraction of sp³-hybridized carbons (Fsp3) is 0.312. The second kappa shape index (κ2) is 6.80. The molecule has 0 fully saturated rings. The number of amides is 1. The topological polar surface area (TPSA) is 46.1 Å². The van der Waals surface area contributed by atoms with Gasteiger partial charge in [0, 0.05) is 25.0 Å². The number of rotatable bonds is 5. The van der Waals surface area contributed by atoms with Crippen molar-refractivity contribution in [2.45, 2.75) is 32.9 Å². The molecule has 20 heavy (non-hydrogen) atoms. The van der Waals surface area contributed by atoms with Crippen LogP contribution in [0.15, 0.2) is 48.9 Å². The number of benzene rings is 1. The Bertz CT molecular complexity index is 542. The molecule has 0 aliphatic heterocycles. The second-order valence-electron chi connectivity index (χ2n) is 4.77. The van der Waals surface area contributed by atoms with Gasteiger partial charge in [-0.05, 0) is 18.9 Å². The number of carbonyl (C=O) groups is 1. The fourth-order valence-electron chi connectivity index (χ4n) is 1.98. The van der Waals surface area contributed by atoms with Crippen molar-refractivity contribution in [1.82, 2.24) is 14.9 Å². The molecule has 0 saturated heterocycles. The van der Waals surface area contributed by atoms with Crippen LogP contribution in [0.3, 0.4) is 0 Å². The SMILES string of the molecule is CC[C@H](C)N(Cc1ccccc1)C(=O)c1cnccn1. The summed E-state index contributed by atoms with van der Waals surface area (Å²) in [5.74, 6) is -0.0729. The van der Waals surface area contributed by atoms with Gasteiger partial charge in [0.05, 0.1) is 6.20 Å². The van der Waals surface area contributed by atoms with Gasteiger partial charge in [-0.2, -0.15) is 0 Å². The van der Waals surface area contributed by atoms with Crippen LogP contribution < -0.4 is 0 Å². The van der Waals surface area contributed by atoms with Crippen molar-refractivity contribution in [1.29, 1.82) is 0 Å². The van der Waals surface area contributed by atoms with Gasteiger partial charge in [0.2, 0.25) is 0 Å². The first-order valence-electron chi connectivity index (χ1n) is 6.83. The van der Waals surface area contributed by atoms with E-state index in [4.69, 9.17) is 0 Å². The molecule has 0 aliphatic rings. The molecule has 0 N–H and O–H groups in total. The molecule has 1 heterocycles. The molecule has 0 saturated carbocycles. The van der Waals surface area contributed by atoms with E-state index in [0.29, 0.717) is 12.2 Å². The number of carbonyl (C=O) groups excluding carboxylic acids is 1. The quantitative estimate of drug-likeness (QED) is 0.838. The first-order valence-corrected chi connectivity index (χ1v) is 6.83. The number of hydrogen-bond acceptors (Lipinski definition) is 3. The molecule has 1 amide bonds. The predicted octanol–water partition coefficient (Wildman–Crippen LogP) is 2.92. The first-order chi connectivity index (χ1) is 9.72. The van der Waals surface area contributed by atoms with Crippen LogP contribution in [0.5, 0.6) is 0 Å². The maximum absolute atomic E-state index is 12.6. The van der Waals surface area contributed by atoms with Gasteiger partial charge in [-0.1, -0.05) is 37.3 Å². The summed E-state index contributed by atoms with van der Waals surface area (Å²) < 4.78 is 0. The molecule has 0 spiro atoms. The molecule has 4 heteroatoms. The maximum atomic E-state index is 12.6. The highest BCUT2D eigenvalue weighted by molar-refractivity contribution is 5.92. The Kier molecular flexibility index (Phi) is 4.82. The molecule has 1 aromatic heterocycles. The van der Waals surface area contributed by atoms with Crippen molar-refractivity contribution < 1.29 is 4.79 Å². The van der Waals surface area contributed by atoms with Crippen LogP contribution in [0.2, 0.25) is 0 Å². The average Bonchev–Trinajstić information content (AvgIpc) is 2.53. The van der Waals surface area contributed by atoms with E-state index in [1.54, 1.807) is 12.4 Å². The average molecular weight is 269 g/mol. The highest BCUT2D eigenvalue weighted by Crippen LogP contribution is 2.13. The van der Waals surface area contributed by atoms with Crippen LogP contribution in [-0.4, -0.2) is 26.8 Å².